The Labute approximate surface area is 130 Å². The lowest BCUT2D eigenvalue weighted by molar-refractivity contribution is 0.583. The van der Waals surface area contributed by atoms with Crippen molar-refractivity contribution in [3.63, 3.8) is 0 Å². The Bertz CT molecular complexity index is 721. The van der Waals surface area contributed by atoms with Crippen molar-refractivity contribution in [2.75, 3.05) is 0 Å². The lowest BCUT2D eigenvalue weighted by Gasteiger charge is -2.09. The van der Waals surface area contributed by atoms with Gasteiger partial charge in [0.25, 0.3) is 0 Å². The van der Waals surface area contributed by atoms with Gasteiger partial charge in [-0.3, -0.25) is 0 Å². The van der Waals surface area contributed by atoms with Crippen molar-refractivity contribution in [1.29, 1.82) is 0 Å². The van der Waals surface area contributed by atoms with E-state index in [9.17, 15) is 8.42 Å². The van der Waals surface area contributed by atoms with Crippen LogP contribution in [0.4, 0.5) is 0 Å². The standard InChI is InChI=1S/C15H20N2O2S2/c1-3-12-6-4-5-7-13(12)10-17-21(18,19)15-8-11(2)14(9-16)20-15/h4-8,17H,3,9-10,16H2,1-2H3. The van der Waals surface area contributed by atoms with Gasteiger partial charge in [0.05, 0.1) is 0 Å². The molecule has 0 saturated heterocycles. The van der Waals surface area contributed by atoms with Crippen LogP contribution in [0, 0.1) is 6.92 Å². The van der Waals surface area contributed by atoms with Gasteiger partial charge in [-0.15, -0.1) is 11.3 Å². The topological polar surface area (TPSA) is 72.2 Å². The highest BCUT2D eigenvalue weighted by atomic mass is 32.2. The van der Waals surface area contributed by atoms with E-state index in [1.807, 2.05) is 31.2 Å². The van der Waals surface area contributed by atoms with Gasteiger partial charge in [0.15, 0.2) is 0 Å². The van der Waals surface area contributed by atoms with Crippen molar-refractivity contribution in [2.45, 2.75) is 37.6 Å². The first-order valence-electron chi connectivity index (χ1n) is 6.83. The summed E-state index contributed by atoms with van der Waals surface area (Å²) in [5.41, 5.74) is 8.70. The second kappa shape index (κ2) is 6.70. The van der Waals surface area contributed by atoms with Gasteiger partial charge in [-0.1, -0.05) is 31.2 Å². The fourth-order valence-electron chi connectivity index (χ4n) is 2.14. The van der Waals surface area contributed by atoms with E-state index < -0.39 is 10.0 Å². The predicted molar refractivity (Wildman–Crippen MR) is 86.8 cm³/mol. The minimum atomic E-state index is -3.48. The number of aryl methyl sites for hydroxylation is 2. The number of nitrogens with one attached hydrogen (secondary N) is 1. The quantitative estimate of drug-likeness (QED) is 0.858. The molecule has 21 heavy (non-hydrogen) atoms. The number of hydrogen-bond donors (Lipinski definition) is 2. The minimum Gasteiger partial charge on any atom is -0.326 e. The Morgan fingerprint density at radius 1 is 1.24 bits per heavy atom. The summed E-state index contributed by atoms with van der Waals surface area (Å²) in [6.07, 6.45) is 0.882. The van der Waals surface area contributed by atoms with Gasteiger partial charge in [-0.25, -0.2) is 13.1 Å². The third-order valence-corrected chi connectivity index (χ3v) is 6.53. The molecule has 0 aliphatic heterocycles. The Kier molecular flexibility index (Phi) is 5.16. The molecule has 0 spiro atoms. The van der Waals surface area contributed by atoms with Crippen LogP contribution in [-0.4, -0.2) is 8.42 Å². The summed E-state index contributed by atoms with van der Waals surface area (Å²) in [7, 11) is -3.48. The van der Waals surface area contributed by atoms with Crippen molar-refractivity contribution in [2.24, 2.45) is 5.73 Å². The van der Waals surface area contributed by atoms with Gasteiger partial charge < -0.3 is 5.73 Å². The smallest absolute Gasteiger partial charge is 0.250 e. The molecule has 0 amide bonds. The maximum Gasteiger partial charge on any atom is 0.250 e. The lowest BCUT2D eigenvalue weighted by Crippen LogP contribution is -2.23. The Hall–Kier alpha value is -1.21. The predicted octanol–water partition coefficient (Wildman–Crippen LogP) is 2.56. The van der Waals surface area contributed by atoms with Gasteiger partial charge >= 0.3 is 0 Å². The number of thiophene rings is 1. The molecular weight excluding hydrogens is 304 g/mol. The number of rotatable bonds is 6. The van der Waals surface area contributed by atoms with E-state index in [-0.39, 0.29) is 0 Å². The molecule has 6 heteroatoms. The van der Waals surface area contributed by atoms with Crippen molar-refractivity contribution in [3.8, 4) is 0 Å². The van der Waals surface area contributed by atoms with E-state index in [1.165, 1.54) is 11.3 Å². The molecule has 0 atom stereocenters. The molecule has 0 aliphatic rings. The van der Waals surface area contributed by atoms with Crippen LogP contribution >= 0.6 is 11.3 Å². The summed E-state index contributed by atoms with van der Waals surface area (Å²) < 4.78 is 27.7. The molecule has 1 aromatic heterocycles. The monoisotopic (exact) mass is 324 g/mol. The third kappa shape index (κ3) is 3.71. The van der Waals surface area contributed by atoms with Gasteiger partial charge in [0.2, 0.25) is 10.0 Å². The average molecular weight is 324 g/mol. The largest absolute Gasteiger partial charge is 0.326 e. The second-order valence-electron chi connectivity index (χ2n) is 4.82. The number of sulfonamides is 1. The van der Waals surface area contributed by atoms with Crippen LogP contribution < -0.4 is 10.5 Å². The summed E-state index contributed by atoms with van der Waals surface area (Å²) in [6.45, 7) is 4.61. The fraction of sp³-hybridized carbons (Fsp3) is 0.333. The van der Waals surface area contributed by atoms with Crippen LogP contribution in [0.25, 0.3) is 0 Å². The molecular formula is C15H20N2O2S2. The first-order chi connectivity index (χ1) is 9.97. The molecule has 0 radical (unpaired) electrons. The van der Waals surface area contributed by atoms with Crippen molar-refractivity contribution >= 4 is 21.4 Å². The zero-order chi connectivity index (χ0) is 15.5. The summed E-state index contributed by atoms with van der Waals surface area (Å²) in [4.78, 5) is 0.907. The second-order valence-corrected chi connectivity index (χ2v) is 7.95. The molecule has 1 aromatic carbocycles. The first-order valence-corrected chi connectivity index (χ1v) is 9.13. The van der Waals surface area contributed by atoms with E-state index in [4.69, 9.17) is 5.73 Å². The summed E-state index contributed by atoms with van der Waals surface area (Å²) in [5.74, 6) is 0. The van der Waals surface area contributed by atoms with Crippen LogP contribution in [0.5, 0.6) is 0 Å². The number of nitrogens with two attached hydrogens (primary N) is 1. The zero-order valence-corrected chi connectivity index (χ0v) is 13.9. The minimum absolute atomic E-state index is 0.307. The first kappa shape index (κ1) is 16.2. The van der Waals surface area contributed by atoms with E-state index in [1.54, 1.807) is 6.07 Å². The van der Waals surface area contributed by atoms with Gasteiger partial charge in [0.1, 0.15) is 4.21 Å². The highest BCUT2D eigenvalue weighted by molar-refractivity contribution is 7.91. The summed E-state index contributed by atoms with van der Waals surface area (Å²) >= 11 is 1.24. The molecule has 0 fully saturated rings. The van der Waals surface area contributed by atoms with E-state index in [0.29, 0.717) is 17.3 Å². The van der Waals surface area contributed by atoms with E-state index in [2.05, 4.69) is 11.6 Å². The Morgan fingerprint density at radius 3 is 2.48 bits per heavy atom. The molecule has 1 heterocycles. The molecule has 0 aliphatic carbocycles. The van der Waals surface area contributed by atoms with Crippen LogP contribution in [0.1, 0.15) is 28.5 Å². The Morgan fingerprint density at radius 2 is 1.90 bits per heavy atom. The maximum absolute atomic E-state index is 12.3. The zero-order valence-electron chi connectivity index (χ0n) is 12.2. The summed E-state index contributed by atoms with van der Waals surface area (Å²) in [6, 6.07) is 9.54. The SMILES string of the molecule is CCc1ccccc1CNS(=O)(=O)c1cc(C)c(CN)s1. The molecule has 2 rings (SSSR count). The number of hydrogen-bond acceptors (Lipinski definition) is 4. The normalized spacial score (nSPS) is 11.8. The third-order valence-electron chi connectivity index (χ3n) is 3.40. The highest BCUT2D eigenvalue weighted by Crippen LogP contribution is 2.25. The van der Waals surface area contributed by atoms with Crippen molar-refractivity contribution in [3.05, 3.63) is 51.9 Å². The van der Waals surface area contributed by atoms with Gasteiger partial charge in [0, 0.05) is 18.0 Å². The molecule has 0 bridgehead atoms. The maximum atomic E-state index is 12.3. The average Bonchev–Trinajstić information content (AvgIpc) is 2.87. The van der Waals surface area contributed by atoms with Gasteiger partial charge in [-0.05, 0) is 36.1 Å². The Balaban J connectivity index is 2.17. The molecule has 114 valence electrons. The molecule has 0 saturated carbocycles. The van der Waals surface area contributed by atoms with Crippen LogP contribution in [0.3, 0.4) is 0 Å². The molecule has 2 aromatic rings. The lowest BCUT2D eigenvalue weighted by atomic mass is 10.1. The van der Waals surface area contributed by atoms with Gasteiger partial charge in [-0.2, -0.15) is 0 Å². The summed E-state index contributed by atoms with van der Waals surface area (Å²) in [5, 5.41) is 0. The number of benzene rings is 1. The molecule has 3 N–H and O–H groups in total. The molecule has 0 unspecified atom stereocenters. The fourth-order valence-corrected chi connectivity index (χ4v) is 4.66. The van der Waals surface area contributed by atoms with E-state index in [0.717, 1.165) is 28.0 Å². The highest BCUT2D eigenvalue weighted by Gasteiger charge is 2.18. The molecule has 4 nitrogen and oxygen atoms in total. The van der Waals surface area contributed by atoms with Crippen LogP contribution in [0.15, 0.2) is 34.5 Å². The van der Waals surface area contributed by atoms with Crippen LogP contribution in [0.2, 0.25) is 0 Å². The van der Waals surface area contributed by atoms with Crippen molar-refractivity contribution < 1.29 is 8.42 Å². The van der Waals surface area contributed by atoms with E-state index >= 15 is 0 Å². The van der Waals surface area contributed by atoms with Crippen molar-refractivity contribution in [1.82, 2.24) is 4.72 Å². The van der Waals surface area contributed by atoms with Crippen LogP contribution in [-0.2, 0) is 29.5 Å².